The SMILES string of the molecule is CCCCC#CN1C(=O)OC[C@H]1Cc1ccccc1. The van der Waals surface area contributed by atoms with E-state index in [0.29, 0.717) is 6.61 Å². The second kappa shape index (κ2) is 6.84. The van der Waals surface area contributed by atoms with Crippen molar-refractivity contribution in [3.8, 4) is 12.0 Å². The van der Waals surface area contributed by atoms with Crippen LogP contribution in [0, 0.1) is 12.0 Å². The van der Waals surface area contributed by atoms with Crippen LogP contribution in [0.15, 0.2) is 30.3 Å². The van der Waals surface area contributed by atoms with Gasteiger partial charge in [-0.25, -0.2) is 9.69 Å². The predicted molar refractivity (Wildman–Crippen MR) is 74.4 cm³/mol. The molecule has 1 heterocycles. The minimum Gasteiger partial charge on any atom is -0.446 e. The Hall–Kier alpha value is -1.95. The third-order valence-electron chi connectivity index (χ3n) is 3.13. The number of rotatable bonds is 4. The average molecular weight is 257 g/mol. The quantitative estimate of drug-likeness (QED) is 0.612. The van der Waals surface area contributed by atoms with Crippen molar-refractivity contribution < 1.29 is 9.53 Å². The van der Waals surface area contributed by atoms with Gasteiger partial charge in [0.2, 0.25) is 0 Å². The first-order valence-corrected chi connectivity index (χ1v) is 6.79. The van der Waals surface area contributed by atoms with Crippen LogP contribution < -0.4 is 0 Å². The maximum Gasteiger partial charge on any atom is 0.422 e. The van der Waals surface area contributed by atoms with Crippen LogP contribution in [-0.4, -0.2) is 23.6 Å². The lowest BCUT2D eigenvalue weighted by Crippen LogP contribution is -2.30. The monoisotopic (exact) mass is 257 g/mol. The molecule has 1 aromatic carbocycles. The summed E-state index contributed by atoms with van der Waals surface area (Å²) in [6.07, 6.45) is 3.49. The van der Waals surface area contributed by atoms with Crippen molar-refractivity contribution in [3.63, 3.8) is 0 Å². The van der Waals surface area contributed by atoms with Gasteiger partial charge in [-0.3, -0.25) is 0 Å². The van der Waals surface area contributed by atoms with Gasteiger partial charge in [-0.15, -0.1) is 0 Å². The molecule has 1 amide bonds. The highest BCUT2D eigenvalue weighted by Gasteiger charge is 2.31. The highest BCUT2D eigenvalue weighted by Crippen LogP contribution is 2.16. The molecule has 0 radical (unpaired) electrons. The van der Waals surface area contributed by atoms with Crippen LogP contribution in [0.25, 0.3) is 0 Å². The van der Waals surface area contributed by atoms with E-state index in [9.17, 15) is 4.79 Å². The molecule has 1 aliphatic rings. The molecular formula is C16H19NO2. The lowest BCUT2D eigenvalue weighted by molar-refractivity contribution is 0.167. The van der Waals surface area contributed by atoms with E-state index in [-0.39, 0.29) is 12.1 Å². The zero-order valence-electron chi connectivity index (χ0n) is 11.3. The lowest BCUT2D eigenvalue weighted by Gasteiger charge is -2.14. The van der Waals surface area contributed by atoms with Crippen molar-refractivity contribution in [2.75, 3.05) is 6.61 Å². The molecule has 1 aliphatic heterocycles. The first-order chi connectivity index (χ1) is 9.31. The molecule has 1 atom stereocenters. The Balaban J connectivity index is 1.98. The molecular weight excluding hydrogens is 238 g/mol. The molecule has 1 saturated heterocycles. The van der Waals surface area contributed by atoms with Gasteiger partial charge in [0.05, 0.1) is 6.04 Å². The predicted octanol–water partition coefficient (Wildman–Crippen LogP) is 3.20. The van der Waals surface area contributed by atoms with Crippen LogP contribution in [0.1, 0.15) is 31.7 Å². The topological polar surface area (TPSA) is 29.5 Å². The summed E-state index contributed by atoms with van der Waals surface area (Å²) < 4.78 is 5.09. The number of hydrogen-bond acceptors (Lipinski definition) is 2. The Kier molecular flexibility index (Phi) is 4.85. The smallest absolute Gasteiger partial charge is 0.422 e. The number of ether oxygens (including phenoxy) is 1. The number of unbranched alkanes of at least 4 members (excludes halogenated alkanes) is 2. The summed E-state index contributed by atoms with van der Waals surface area (Å²) in [5.74, 6) is 3.05. The van der Waals surface area contributed by atoms with Gasteiger partial charge in [-0.2, -0.15) is 0 Å². The number of nitrogens with zero attached hydrogens (tertiary/aromatic N) is 1. The van der Waals surface area contributed by atoms with E-state index in [1.165, 1.54) is 5.56 Å². The van der Waals surface area contributed by atoms with Crippen molar-refractivity contribution in [2.45, 2.75) is 38.6 Å². The molecule has 1 fully saturated rings. The highest BCUT2D eigenvalue weighted by molar-refractivity contribution is 5.72. The summed E-state index contributed by atoms with van der Waals surface area (Å²) in [6, 6.07) is 13.1. The molecule has 0 unspecified atom stereocenters. The maximum atomic E-state index is 11.6. The van der Waals surface area contributed by atoms with Gasteiger partial charge in [0.25, 0.3) is 0 Å². The van der Waals surface area contributed by atoms with E-state index >= 15 is 0 Å². The van der Waals surface area contributed by atoms with Gasteiger partial charge in [-0.1, -0.05) is 49.6 Å². The summed E-state index contributed by atoms with van der Waals surface area (Å²) >= 11 is 0. The zero-order valence-corrected chi connectivity index (χ0v) is 11.3. The summed E-state index contributed by atoms with van der Waals surface area (Å²) in [7, 11) is 0. The summed E-state index contributed by atoms with van der Waals surface area (Å²) in [5.41, 5.74) is 1.20. The van der Waals surface area contributed by atoms with E-state index in [0.717, 1.165) is 25.7 Å². The molecule has 0 aromatic heterocycles. The molecule has 2 rings (SSSR count). The molecule has 3 heteroatoms. The molecule has 0 bridgehead atoms. The fraction of sp³-hybridized carbons (Fsp3) is 0.438. The normalized spacial score (nSPS) is 17.8. The van der Waals surface area contributed by atoms with Gasteiger partial charge >= 0.3 is 6.09 Å². The molecule has 0 aliphatic carbocycles. The minimum atomic E-state index is -0.315. The molecule has 0 saturated carbocycles. The number of carbonyl (C=O) groups is 1. The third kappa shape index (κ3) is 3.75. The molecule has 100 valence electrons. The van der Waals surface area contributed by atoms with Crippen molar-refractivity contribution in [1.29, 1.82) is 0 Å². The Bertz CT molecular complexity index is 473. The van der Waals surface area contributed by atoms with Crippen molar-refractivity contribution in [1.82, 2.24) is 4.90 Å². The average Bonchev–Trinajstić information content (AvgIpc) is 2.77. The first-order valence-electron chi connectivity index (χ1n) is 6.79. The van der Waals surface area contributed by atoms with E-state index in [1.807, 2.05) is 18.2 Å². The molecule has 1 aromatic rings. The fourth-order valence-electron chi connectivity index (χ4n) is 2.04. The summed E-state index contributed by atoms with van der Waals surface area (Å²) in [4.78, 5) is 13.2. The molecule has 19 heavy (non-hydrogen) atoms. The summed E-state index contributed by atoms with van der Waals surface area (Å²) in [5, 5.41) is 0. The van der Waals surface area contributed by atoms with Crippen molar-refractivity contribution >= 4 is 6.09 Å². The van der Waals surface area contributed by atoms with Crippen LogP contribution in [0.4, 0.5) is 4.79 Å². The van der Waals surface area contributed by atoms with Crippen LogP contribution >= 0.6 is 0 Å². The second-order valence-electron chi connectivity index (χ2n) is 4.68. The lowest BCUT2D eigenvalue weighted by atomic mass is 10.1. The molecule has 0 N–H and O–H groups in total. The number of carbonyl (C=O) groups excluding carboxylic acids is 1. The Morgan fingerprint density at radius 3 is 2.89 bits per heavy atom. The summed E-state index contributed by atoms with van der Waals surface area (Å²) in [6.45, 7) is 2.56. The van der Waals surface area contributed by atoms with Gasteiger partial charge < -0.3 is 4.74 Å². The van der Waals surface area contributed by atoms with E-state index in [1.54, 1.807) is 4.90 Å². The first kappa shape index (κ1) is 13.5. The molecule has 0 spiro atoms. The minimum absolute atomic E-state index is 0.0315. The van der Waals surface area contributed by atoms with Gasteiger partial charge in [0.1, 0.15) is 6.61 Å². The number of cyclic esters (lactones) is 1. The van der Waals surface area contributed by atoms with Crippen molar-refractivity contribution in [2.24, 2.45) is 0 Å². The standard InChI is InChI=1S/C16H19NO2/c1-2-3-4-8-11-17-15(13-19-16(17)18)12-14-9-6-5-7-10-14/h5-7,9-10,15H,2-4,12-13H2,1H3/t15-/m1/s1. The highest BCUT2D eigenvalue weighted by atomic mass is 16.6. The van der Waals surface area contributed by atoms with E-state index in [4.69, 9.17) is 4.74 Å². The fourth-order valence-corrected chi connectivity index (χ4v) is 2.04. The van der Waals surface area contributed by atoms with E-state index in [2.05, 4.69) is 31.0 Å². The maximum absolute atomic E-state index is 11.6. The second-order valence-corrected chi connectivity index (χ2v) is 4.68. The van der Waals surface area contributed by atoms with Crippen LogP contribution in [-0.2, 0) is 11.2 Å². The van der Waals surface area contributed by atoms with Gasteiger partial charge in [-0.05, 0) is 18.4 Å². The Morgan fingerprint density at radius 1 is 1.37 bits per heavy atom. The largest absolute Gasteiger partial charge is 0.446 e. The number of hydrogen-bond donors (Lipinski definition) is 0. The van der Waals surface area contributed by atoms with Crippen LogP contribution in [0.3, 0.4) is 0 Å². The third-order valence-corrected chi connectivity index (χ3v) is 3.13. The Morgan fingerprint density at radius 2 is 2.16 bits per heavy atom. The van der Waals surface area contributed by atoms with Gasteiger partial charge in [0, 0.05) is 12.5 Å². The molecule has 3 nitrogen and oxygen atoms in total. The van der Waals surface area contributed by atoms with Crippen LogP contribution in [0.2, 0.25) is 0 Å². The number of benzene rings is 1. The Labute approximate surface area is 114 Å². The number of amides is 1. The van der Waals surface area contributed by atoms with Crippen LogP contribution in [0.5, 0.6) is 0 Å². The van der Waals surface area contributed by atoms with E-state index < -0.39 is 0 Å². The van der Waals surface area contributed by atoms with Gasteiger partial charge in [0.15, 0.2) is 0 Å². The van der Waals surface area contributed by atoms with Crippen molar-refractivity contribution in [3.05, 3.63) is 35.9 Å². The zero-order chi connectivity index (χ0) is 13.5.